The summed E-state index contributed by atoms with van der Waals surface area (Å²) in [4.78, 5) is 7.80. The van der Waals surface area contributed by atoms with E-state index >= 15 is 0 Å². The van der Waals surface area contributed by atoms with Gasteiger partial charge < -0.3 is 9.80 Å². The van der Waals surface area contributed by atoms with Crippen LogP contribution in [-0.4, -0.2) is 88.6 Å². The number of rotatable bonds is 6. The molecular formula is C20H31ClN4O2S. The van der Waals surface area contributed by atoms with E-state index in [2.05, 4.69) is 26.5 Å². The second-order valence-electron chi connectivity index (χ2n) is 8.60. The molecule has 5 rings (SSSR count). The van der Waals surface area contributed by atoms with Gasteiger partial charge >= 0.3 is 0 Å². The molecule has 4 atom stereocenters. The SMILES string of the molecule is CN1CCN(CC2CN3CCC2CC3CNS(=O)(=O)c2ccc(Cl)cc2)CC1. The highest BCUT2D eigenvalue weighted by molar-refractivity contribution is 7.89. The Kier molecular flexibility index (Phi) is 6.30. The van der Waals surface area contributed by atoms with Gasteiger partial charge in [0.1, 0.15) is 0 Å². The summed E-state index contributed by atoms with van der Waals surface area (Å²) >= 11 is 5.87. The third kappa shape index (κ3) is 4.71. The van der Waals surface area contributed by atoms with Crippen molar-refractivity contribution in [2.24, 2.45) is 11.8 Å². The van der Waals surface area contributed by atoms with Crippen LogP contribution in [0.2, 0.25) is 5.02 Å². The molecule has 0 radical (unpaired) electrons. The molecule has 1 aromatic rings. The fourth-order valence-electron chi connectivity index (χ4n) is 4.93. The van der Waals surface area contributed by atoms with E-state index in [1.54, 1.807) is 24.3 Å². The first-order valence-corrected chi connectivity index (χ1v) is 12.2. The second kappa shape index (κ2) is 8.58. The first-order valence-electron chi connectivity index (χ1n) is 10.3. The zero-order valence-corrected chi connectivity index (χ0v) is 18.1. The summed E-state index contributed by atoms with van der Waals surface area (Å²) in [5.74, 6) is 1.44. The molecule has 1 N–H and O–H groups in total. The molecule has 1 aromatic carbocycles. The predicted molar refractivity (Wildman–Crippen MR) is 112 cm³/mol. The molecule has 4 aliphatic heterocycles. The van der Waals surface area contributed by atoms with Crippen LogP contribution in [0.3, 0.4) is 0 Å². The van der Waals surface area contributed by atoms with Crippen molar-refractivity contribution in [2.75, 3.05) is 59.4 Å². The minimum Gasteiger partial charge on any atom is -0.304 e. The highest BCUT2D eigenvalue weighted by Crippen LogP contribution is 2.36. The maximum Gasteiger partial charge on any atom is 0.240 e. The Labute approximate surface area is 173 Å². The first-order chi connectivity index (χ1) is 13.4. The van der Waals surface area contributed by atoms with Crippen molar-refractivity contribution in [1.82, 2.24) is 19.4 Å². The first kappa shape index (κ1) is 20.6. The van der Waals surface area contributed by atoms with Gasteiger partial charge in [-0.05, 0) is 62.5 Å². The third-order valence-corrected chi connectivity index (χ3v) is 8.43. The van der Waals surface area contributed by atoms with Crippen LogP contribution in [0.5, 0.6) is 0 Å². The maximum atomic E-state index is 12.6. The molecular weight excluding hydrogens is 396 g/mol. The van der Waals surface area contributed by atoms with E-state index in [1.807, 2.05) is 0 Å². The van der Waals surface area contributed by atoms with E-state index in [-0.39, 0.29) is 4.90 Å². The molecule has 4 heterocycles. The van der Waals surface area contributed by atoms with Crippen LogP contribution in [0.1, 0.15) is 12.8 Å². The summed E-state index contributed by atoms with van der Waals surface area (Å²) in [6.07, 6.45) is 2.35. The average Bonchev–Trinajstić information content (AvgIpc) is 2.69. The van der Waals surface area contributed by atoms with Gasteiger partial charge in [0.25, 0.3) is 0 Å². The standard InChI is InChI=1S/C20H31ClN4O2S/c1-23-8-10-24(11-9-23)14-17-15-25-7-6-16(17)12-19(25)13-22-28(26,27)20-4-2-18(21)3-5-20/h2-5,16-17,19,22H,6-15H2,1H3. The van der Waals surface area contributed by atoms with Gasteiger partial charge in [-0.15, -0.1) is 0 Å². The molecule has 4 unspecified atom stereocenters. The van der Waals surface area contributed by atoms with Crippen molar-refractivity contribution in [1.29, 1.82) is 0 Å². The average molecular weight is 427 g/mol. The molecule has 28 heavy (non-hydrogen) atoms. The number of halogens is 1. The van der Waals surface area contributed by atoms with E-state index in [0.717, 1.165) is 44.4 Å². The Bertz CT molecular complexity index is 765. The number of piperazine rings is 1. The highest BCUT2D eigenvalue weighted by atomic mass is 35.5. The summed E-state index contributed by atoms with van der Waals surface area (Å²) < 4.78 is 27.9. The third-order valence-electron chi connectivity index (χ3n) is 6.74. The normalized spacial score (nSPS) is 31.9. The number of benzene rings is 1. The monoisotopic (exact) mass is 426 g/mol. The lowest BCUT2D eigenvalue weighted by Gasteiger charge is -2.51. The van der Waals surface area contributed by atoms with Crippen LogP contribution in [0.15, 0.2) is 29.2 Å². The number of nitrogens with zero attached hydrogens (tertiary/aromatic N) is 3. The topological polar surface area (TPSA) is 55.9 Å². The fourth-order valence-corrected chi connectivity index (χ4v) is 6.13. The number of hydrogen-bond acceptors (Lipinski definition) is 5. The lowest BCUT2D eigenvalue weighted by atomic mass is 9.75. The van der Waals surface area contributed by atoms with Crippen LogP contribution in [0.4, 0.5) is 0 Å². The van der Waals surface area contributed by atoms with Gasteiger partial charge in [0.2, 0.25) is 10.0 Å². The summed E-state index contributed by atoms with van der Waals surface area (Å²) in [5.41, 5.74) is 0. The minimum absolute atomic E-state index is 0.279. The number of nitrogens with one attached hydrogen (secondary N) is 1. The minimum atomic E-state index is -3.48. The predicted octanol–water partition coefficient (Wildman–Crippen LogP) is 1.58. The van der Waals surface area contributed by atoms with E-state index in [1.165, 1.54) is 26.1 Å². The summed E-state index contributed by atoms with van der Waals surface area (Å²) in [6, 6.07) is 6.66. The zero-order chi connectivity index (χ0) is 19.7. The van der Waals surface area contributed by atoms with E-state index < -0.39 is 10.0 Å². The molecule has 4 aliphatic rings. The molecule has 4 fully saturated rings. The maximum absolute atomic E-state index is 12.6. The number of fused-ring (bicyclic) bond motifs is 3. The molecule has 0 spiro atoms. The van der Waals surface area contributed by atoms with Gasteiger partial charge in [-0.2, -0.15) is 0 Å². The smallest absolute Gasteiger partial charge is 0.240 e. The largest absolute Gasteiger partial charge is 0.304 e. The molecule has 0 aromatic heterocycles. The van der Waals surface area contributed by atoms with Crippen LogP contribution in [-0.2, 0) is 10.0 Å². The number of hydrogen-bond donors (Lipinski definition) is 1. The lowest BCUT2D eigenvalue weighted by molar-refractivity contribution is -0.0149. The molecule has 6 nitrogen and oxygen atoms in total. The van der Waals surface area contributed by atoms with Crippen LogP contribution in [0.25, 0.3) is 0 Å². The zero-order valence-electron chi connectivity index (χ0n) is 16.6. The highest BCUT2D eigenvalue weighted by Gasteiger charge is 2.40. The Hall–Kier alpha value is -0.700. The van der Waals surface area contributed by atoms with Gasteiger partial charge in [-0.25, -0.2) is 13.1 Å². The van der Waals surface area contributed by atoms with Crippen LogP contribution < -0.4 is 4.72 Å². The molecule has 0 aliphatic carbocycles. The van der Waals surface area contributed by atoms with Gasteiger partial charge in [-0.3, -0.25) is 4.90 Å². The molecule has 0 amide bonds. The number of sulfonamides is 1. The van der Waals surface area contributed by atoms with Crippen molar-refractivity contribution in [3.8, 4) is 0 Å². The van der Waals surface area contributed by atoms with Crippen molar-refractivity contribution in [2.45, 2.75) is 23.8 Å². The number of piperidine rings is 3. The van der Waals surface area contributed by atoms with Crippen molar-refractivity contribution in [3.63, 3.8) is 0 Å². The van der Waals surface area contributed by atoms with Gasteiger partial charge in [0.05, 0.1) is 4.90 Å². The second-order valence-corrected chi connectivity index (χ2v) is 10.8. The summed E-state index contributed by atoms with van der Waals surface area (Å²) in [5, 5.41) is 0.543. The number of likely N-dealkylation sites (N-methyl/N-ethyl adjacent to an activating group) is 1. The molecule has 8 heteroatoms. The van der Waals surface area contributed by atoms with Crippen molar-refractivity contribution in [3.05, 3.63) is 29.3 Å². The quantitative estimate of drug-likeness (QED) is 0.748. The summed E-state index contributed by atoms with van der Waals surface area (Å²) in [6.45, 7) is 8.54. The molecule has 4 saturated heterocycles. The van der Waals surface area contributed by atoms with Crippen LogP contribution >= 0.6 is 11.6 Å². The van der Waals surface area contributed by atoms with E-state index in [4.69, 9.17) is 11.6 Å². The van der Waals surface area contributed by atoms with E-state index in [0.29, 0.717) is 17.6 Å². The Morgan fingerprint density at radius 1 is 1.11 bits per heavy atom. The van der Waals surface area contributed by atoms with Crippen molar-refractivity contribution < 1.29 is 8.42 Å². The van der Waals surface area contributed by atoms with Gasteiger partial charge in [-0.1, -0.05) is 11.6 Å². The Morgan fingerprint density at radius 3 is 2.46 bits per heavy atom. The van der Waals surface area contributed by atoms with Crippen LogP contribution in [0, 0.1) is 11.8 Å². The fraction of sp³-hybridized carbons (Fsp3) is 0.700. The van der Waals surface area contributed by atoms with E-state index in [9.17, 15) is 8.42 Å². The Balaban J connectivity index is 1.30. The molecule has 0 saturated carbocycles. The lowest BCUT2D eigenvalue weighted by Crippen LogP contribution is -2.59. The van der Waals surface area contributed by atoms with Crippen molar-refractivity contribution >= 4 is 21.6 Å². The summed E-state index contributed by atoms with van der Waals surface area (Å²) in [7, 11) is -1.29. The molecule has 156 valence electrons. The van der Waals surface area contributed by atoms with Gasteiger partial charge in [0, 0.05) is 56.9 Å². The van der Waals surface area contributed by atoms with Gasteiger partial charge in [0.15, 0.2) is 0 Å². The molecule has 2 bridgehead atoms. The Morgan fingerprint density at radius 2 is 1.82 bits per heavy atom.